The van der Waals surface area contributed by atoms with Crippen LogP contribution in [0.4, 0.5) is 11.4 Å². The number of nitro groups is 1. The number of nitro benzene ring substituents is 1. The molecular weight excluding hydrogens is 596 g/mol. The predicted molar refractivity (Wildman–Crippen MR) is 124 cm³/mol. The van der Waals surface area contributed by atoms with Gasteiger partial charge in [-0.3, -0.25) is 20.3 Å². The second-order valence-corrected chi connectivity index (χ2v) is 8.57. The van der Waals surface area contributed by atoms with Crippen LogP contribution in [-0.2, 0) is 4.79 Å². The quantitative estimate of drug-likeness (QED) is 0.307. The minimum Gasteiger partial charge on any atom is -0.374 e. The number of anilines is 1. The van der Waals surface area contributed by atoms with E-state index in [-0.39, 0.29) is 22.2 Å². The van der Waals surface area contributed by atoms with Crippen LogP contribution in [-0.4, -0.2) is 32.4 Å². The number of non-ortho nitro benzene ring substituents is 1. The Morgan fingerprint density at radius 3 is 2.31 bits per heavy atom. The fraction of sp³-hybridized carbons (Fsp3) is 0. The van der Waals surface area contributed by atoms with Crippen LogP contribution in [0.15, 0.2) is 60.0 Å². The highest BCUT2D eigenvalue weighted by atomic mass is 79.9. The van der Waals surface area contributed by atoms with E-state index in [9.17, 15) is 14.9 Å². The Morgan fingerprint density at radius 2 is 1.79 bits per heavy atom. The number of hydrogen-bond donors (Lipinski definition) is 2. The van der Waals surface area contributed by atoms with E-state index >= 15 is 0 Å². The van der Waals surface area contributed by atoms with Crippen molar-refractivity contribution in [2.45, 2.75) is 0 Å². The zero-order chi connectivity index (χ0) is 21.3. The summed E-state index contributed by atoms with van der Waals surface area (Å²) in [5.74, 6) is -0.622. The lowest BCUT2D eigenvalue weighted by atomic mass is 10.1. The Kier molecular flexibility index (Phi) is 6.41. The Morgan fingerprint density at radius 1 is 1.21 bits per heavy atom. The summed E-state index contributed by atoms with van der Waals surface area (Å²) >= 11 is 15.1. The largest absolute Gasteiger partial charge is 0.374 e. The first-order valence-corrected chi connectivity index (χ1v) is 10.4. The number of thiocarbonyl (C=S) groups is 1. The van der Waals surface area contributed by atoms with Gasteiger partial charge in [-0.05, 0) is 68.3 Å². The number of amides is 1. The molecule has 29 heavy (non-hydrogen) atoms. The van der Waals surface area contributed by atoms with Gasteiger partial charge in [-0.15, -0.1) is 0 Å². The highest BCUT2D eigenvalue weighted by Gasteiger charge is 2.35. The third-order valence-corrected chi connectivity index (χ3v) is 5.55. The summed E-state index contributed by atoms with van der Waals surface area (Å²) in [6.07, 6.45) is 0. The molecule has 0 spiro atoms. The molecular formula is C16H9Br3N6O3S. The predicted octanol–water partition coefficient (Wildman–Crippen LogP) is 4.14. The summed E-state index contributed by atoms with van der Waals surface area (Å²) in [6.45, 7) is 0. The van der Waals surface area contributed by atoms with Gasteiger partial charge in [0.05, 0.1) is 10.6 Å². The normalized spacial score (nSPS) is 14.9. The van der Waals surface area contributed by atoms with Crippen molar-refractivity contribution in [3.63, 3.8) is 0 Å². The van der Waals surface area contributed by atoms with Gasteiger partial charge in [-0.2, -0.15) is 15.2 Å². The van der Waals surface area contributed by atoms with E-state index in [4.69, 9.17) is 18.0 Å². The molecule has 0 fully saturated rings. The lowest BCUT2D eigenvalue weighted by Gasteiger charge is -2.09. The van der Waals surface area contributed by atoms with Crippen LogP contribution in [0.25, 0.3) is 0 Å². The van der Waals surface area contributed by atoms with E-state index in [0.717, 1.165) is 9.48 Å². The van der Waals surface area contributed by atoms with E-state index in [1.165, 1.54) is 24.3 Å². The molecule has 0 unspecified atom stereocenters. The maximum Gasteiger partial charge on any atom is 0.303 e. The second-order valence-electron chi connectivity index (χ2n) is 5.52. The molecule has 1 amide bonds. The average Bonchev–Trinajstić information content (AvgIpc) is 2.98. The minimum atomic E-state index is -0.622. The van der Waals surface area contributed by atoms with Crippen molar-refractivity contribution in [1.82, 2.24) is 5.01 Å². The molecule has 1 aliphatic heterocycles. The maximum atomic E-state index is 12.7. The number of halogens is 3. The molecule has 3 rings (SSSR count). The molecule has 1 heterocycles. The summed E-state index contributed by atoms with van der Waals surface area (Å²) in [7, 11) is 0. The fourth-order valence-corrected chi connectivity index (χ4v) is 4.90. The summed E-state index contributed by atoms with van der Waals surface area (Å²) in [6, 6.07) is 9.15. The summed E-state index contributed by atoms with van der Waals surface area (Å²) in [5, 5.41) is 19.8. The van der Waals surface area contributed by atoms with E-state index in [0.29, 0.717) is 20.2 Å². The van der Waals surface area contributed by atoms with Gasteiger partial charge in [0.2, 0.25) is 0 Å². The van der Waals surface area contributed by atoms with Crippen LogP contribution >= 0.6 is 60.0 Å². The number of nitrogens with zero attached hydrogens (tertiary/aromatic N) is 4. The number of rotatable bonds is 4. The van der Waals surface area contributed by atoms with E-state index in [1.54, 1.807) is 12.1 Å². The number of hydrazone groups is 2. The molecule has 13 heteroatoms. The summed E-state index contributed by atoms with van der Waals surface area (Å²) in [4.78, 5) is 23.0. The zero-order valence-electron chi connectivity index (χ0n) is 14.1. The Bertz CT molecular complexity index is 1080. The average molecular weight is 605 g/mol. The van der Waals surface area contributed by atoms with Gasteiger partial charge in [0.1, 0.15) is 5.71 Å². The van der Waals surface area contributed by atoms with Gasteiger partial charge in [0, 0.05) is 31.1 Å². The number of carbonyl (C=O) groups excluding carboxylic acids is 1. The van der Waals surface area contributed by atoms with Crippen molar-refractivity contribution >= 4 is 93.8 Å². The van der Waals surface area contributed by atoms with Crippen LogP contribution in [0.3, 0.4) is 0 Å². The van der Waals surface area contributed by atoms with E-state index < -0.39 is 10.8 Å². The maximum absolute atomic E-state index is 12.7. The Labute approximate surface area is 194 Å². The molecule has 0 radical (unpaired) electrons. The first-order chi connectivity index (χ1) is 13.7. The first-order valence-electron chi connectivity index (χ1n) is 7.65. The van der Waals surface area contributed by atoms with Gasteiger partial charge in [-0.25, -0.2) is 0 Å². The van der Waals surface area contributed by atoms with Crippen LogP contribution in [0.2, 0.25) is 0 Å². The highest BCUT2D eigenvalue weighted by molar-refractivity contribution is 9.11. The SMILES string of the molecule is NC(=S)N1N=C(c2ccc([N+](=O)[O-])cc2)/C(=N\Nc2c(Br)cc(Br)cc2Br)C1=O. The standard InChI is InChI=1S/C16H9Br3N6O3S/c17-8-5-10(18)13(11(19)6-8)21-22-14-12(23-24(15(14)26)16(20)29)7-1-3-9(4-2-7)25(27)28/h1-6,21H,(H2,20,29)/b22-14+. The Balaban J connectivity index is 2.02. The topological polar surface area (TPSA) is 126 Å². The molecule has 2 aromatic rings. The minimum absolute atomic E-state index is 0.0478. The molecule has 0 saturated carbocycles. The monoisotopic (exact) mass is 602 g/mol. The fourth-order valence-electron chi connectivity index (χ4n) is 2.34. The van der Waals surface area contributed by atoms with Gasteiger partial charge >= 0.3 is 5.91 Å². The molecule has 0 atom stereocenters. The summed E-state index contributed by atoms with van der Waals surface area (Å²) in [5.41, 5.74) is 9.44. The van der Waals surface area contributed by atoms with Gasteiger partial charge < -0.3 is 5.73 Å². The van der Waals surface area contributed by atoms with Crippen LogP contribution in [0.5, 0.6) is 0 Å². The van der Waals surface area contributed by atoms with E-state index in [1.807, 2.05) is 0 Å². The lowest BCUT2D eigenvalue weighted by molar-refractivity contribution is -0.384. The number of hydrogen-bond acceptors (Lipinski definition) is 7. The van der Waals surface area contributed by atoms with Gasteiger partial charge in [0.15, 0.2) is 10.8 Å². The number of benzene rings is 2. The molecule has 2 aromatic carbocycles. The number of nitrogens with one attached hydrogen (secondary N) is 1. The van der Waals surface area contributed by atoms with Crippen molar-refractivity contribution in [3.8, 4) is 0 Å². The highest BCUT2D eigenvalue weighted by Crippen LogP contribution is 2.34. The first kappa shape index (κ1) is 21.5. The molecule has 3 N–H and O–H groups in total. The lowest BCUT2D eigenvalue weighted by Crippen LogP contribution is -2.36. The van der Waals surface area contributed by atoms with Gasteiger partial charge in [0.25, 0.3) is 5.69 Å². The zero-order valence-corrected chi connectivity index (χ0v) is 19.7. The van der Waals surface area contributed by atoms with Crippen LogP contribution in [0, 0.1) is 10.1 Å². The third kappa shape index (κ3) is 4.52. The van der Waals surface area contributed by atoms with Crippen molar-refractivity contribution in [1.29, 1.82) is 0 Å². The molecule has 9 nitrogen and oxygen atoms in total. The molecule has 0 bridgehead atoms. The Hall–Kier alpha value is -2.22. The van der Waals surface area contributed by atoms with Crippen molar-refractivity contribution < 1.29 is 9.72 Å². The van der Waals surface area contributed by atoms with Crippen LogP contribution < -0.4 is 11.2 Å². The van der Waals surface area contributed by atoms with Crippen molar-refractivity contribution in [3.05, 3.63) is 65.5 Å². The molecule has 148 valence electrons. The smallest absolute Gasteiger partial charge is 0.303 e. The third-order valence-electron chi connectivity index (χ3n) is 3.67. The molecule has 0 aliphatic carbocycles. The van der Waals surface area contributed by atoms with Gasteiger partial charge in [-0.1, -0.05) is 15.9 Å². The van der Waals surface area contributed by atoms with Crippen molar-refractivity contribution in [2.24, 2.45) is 15.9 Å². The molecule has 0 saturated heterocycles. The number of nitrogens with two attached hydrogens (primary N) is 1. The molecule has 1 aliphatic rings. The molecule has 0 aromatic heterocycles. The number of carbonyl (C=O) groups is 1. The van der Waals surface area contributed by atoms with E-state index in [2.05, 4.69) is 63.4 Å². The van der Waals surface area contributed by atoms with Crippen molar-refractivity contribution in [2.75, 3.05) is 5.43 Å². The second kappa shape index (κ2) is 8.65. The summed E-state index contributed by atoms with van der Waals surface area (Å²) < 4.78 is 2.21. The van der Waals surface area contributed by atoms with Crippen LogP contribution in [0.1, 0.15) is 5.56 Å².